The molecule has 1 heterocycles. The lowest BCUT2D eigenvalue weighted by atomic mass is 10.3. The first-order valence-corrected chi connectivity index (χ1v) is 5.42. The van der Waals surface area contributed by atoms with Crippen molar-refractivity contribution in [2.75, 3.05) is 20.2 Å². The van der Waals surface area contributed by atoms with Gasteiger partial charge in [0.25, 0.3) is 0 Å². The van der Waals surface area contributed by atoms with E-state index >= 15 is 0 Å². The van der Waals surface area contributed by atoms with Crippen molar-refractivity contribution in [3.8, 4) is 5.75 Å². The number of hydrogen-bond acceptors (Lipinski definition) is 4. The fraction of sp³-hybridized carbons (Fsp3) is 0.250. The lowest BCUT2D eigenvalue weighted by Gasteiger charge is -2.13. The van der Waals surface area contributed by atoms with E-state index in [0.29, 0.717) is 5.75 Å². The van der Waals surface area contributed by atoms with Gasteiger partial charge in [0.1, 0.15) is 12.4 Å². The molecule has 1 saturated heterocycles. The molecular weight excluding hydrogens is 236 g/mol. The average molecular weight is 248 g/mol. The number of nitrogens with zero attached hydrogens (tertiary/aromatic N) is 2. The molecule has 18 heavy (non-hydrogen) atoms. The van der Waals surface area contributed by atoms with Gasteiger partial charge in [-0.3, -0.25) is 19.4 Å². The molecule has 0 spiro atoms. The van der Waals surface area contributed by atoms with Gasteiger partial charge in [-0.15, -0.1) is 0 Å². The third-order valence-corrected chi connectivity index (χ3v) is 2.58. The molecule has 0 radical (unpaired) electrons. The number of benzene rings is 1. The molecule has 1 aromatic carbocycles. The van der Waals surface area contributed by atoms with Crippen molar-refractivity contribution in [1.82, 2.24) is 9.80 Å². The van der Waals surface area contributed by atoms with Crippen molar-refractivity contribution < 1.29 is 19.1 Å². The Morgan fingerprint density at radius 2 is 1.72 bits per heavy atom. The summed E-state index contributed by atoms with van der Waals surface area (Å²) in [6.07, 6.45) is 0. The van der Waals surface area contributed by atoms with Crippen LogP contribution in [-0.2, 0) is 9.59 Å². The van der Waals surface area contributed by atoms with Crippen molar-refractivity contribution in [1.29, 1.82) is 0 Å². The number of urea groups is 1. The van der Waals surface area contributed by atoms with Gasteiger partial charge in [-0.25, -0.2) is 4.79 Å². The SMILES string of the molecule is CN1C(=O)C(=O)N(CCOc2ccccc2)C1=O. The van der Waals surface area contributed by atoms with Gasteiger partial charge >= 0.3 is 17.8 Å². The number of hydrogen-bond donors (Lipinski definition) is 0. The summed E-state index contributed by atoms with van der Waals surface area (Å²) in [4.78, 5) is 35.9. The molecule has 6 heteroatoms. The first kappa shape index (κ1) is 12.1. The van der Waals surface area contributed by atoms with E-state index in [9.17, 15) is 14.4 Å². The van der Waals surface area contributed by atoms with Gasteiger partial charge in [0.05, 0.1) is 6.54 Å². The Hall–Kier alpha value is -2.37. The lowest BCUT2D eigenvalue weighted by molar-refractivity contribution is -0.142. The molecule has 0 atom stereocenters. The maximum atomic E-state index is 11.5. The molecule has 2 rings (SSSR count). The van der Waals surface area contributed by atoms with Crippen LogP contribution in [0.5, 0.6) is 5.75 Å². The summed E-state index contributed by atoms with van der Waals surface area (Å²) < 4.78 is 5.36. The molecule has 6 nitrogen and oxygen atoms in total. The molecule has 94 valence electrons. The van der Waals surface area contributed by atoms with Gasteiger partial charge in [-0.1, -0.05) is 18.2 Å². The first-order chi connectivity index (χ1) is 8.61. The molecule has 1 aliphatic heterocycles. The van der Waals surface area contributed by atoms with Crippen molar-refractivity contribution in [2.45, 2.75) is 0 Å². The van der Waals surface area contributed by atoms with Crippen molar-refractivity contribution in [3.63, 3.8) is 0 Å². The summed E-state index contributed by atoms with van der Waals surface area (Å²) in [5.74, 6) is -0.963. The minimum absolute atomic E-state index is 0.0582. The first-order valence-electron chi connectivity index (χ1n) is 5.42. The van der Waals surface area contributed by atoms with Crippen LogP contribution in [0.4, 0.5) is 4.79 Å². The number of carbonyl (C=O) groups excluding carboxylic acids is 3. The van der Waals surface area contributed by atoms with Crippen LogP contribution >= 0.6 is 0 Å². The summed E-state index contributed by atoms with van der Waals surface area (Å²) in [5.41, 5.74) is 0. The summed E-state index contributed by atoms with van der Waals surface area (Å²) in [6, 6.07) is 8.42. The fourth-order valence-electron chi connectivity index (χ4n) is 1.58. The maximum absolute atomic E-state index is 11.5. The summed E-state index contributed by atoms with van der Waals surface area (Å²) >= 11 is 0. The van der Waals surface area contributed by atoms with Crippen molar-refractivity contribution in [3.05, 3.63) is 30.3 Å². The lowest BCUT2D eigenvalue weighted by Crippen LogP contribution is -2.35. The maximum Gasteiger partial charge on any atom is 0.334 e. The minimum atomic E-state index is -0.806. The summed E-state index contributed by atoms with van der Waals surface area (Å²) in [7, 11) is 1.28. The zero-order valence-electron chi connectivity index (χ0n) is 9.83. The fourth-order valence-corrected chi connectivity index (χ4v) is 1.58. The predicted molar refractivity (Wildman–Crippen MR) is 61.8 cm³/mol. The smallest absolute Gasteiger partial charge is 0.334 e. The third-order valence-electron chi connectivity index (χ3n) is 2.58. The van der Waals surface area contributed by atoms with E-state index in [1.54, 1.807) is 12.1 Å². The molecule has 0 bridgehead atoms. The van der Waals surface area contributed by atoms with Crippen LogP contribution in [0.2, 0.25) is 0 Å². The molecule has 1 aliphatic rings. The highest BCUT2D eigenvalue weighted by molar-refractivity contribution is 6.44. The van der Waals surface area contributed by atoms with Crippen LogP contribution < -0.4 is 4.74 Å². The number of ether oxygens (including phenoxy) is 1. The van der Waals surface area contributed by atoms with E-state index in [1.165, 1.54) is 7.05 Å². The van der Waals surface area contributed by atoms with E-state index in [2.05, 4.69) is 0 Å². The van der Waals surface area contributed by atoms with E-state index in [4.69, 9.17) is 4.74 Å². The van der Waals surface area contributed by atoms with E-state index in [0.717, 1.165) is 9.80 Å². The number of carbonyl (C=O) groups is 3. The second-order valence-electron chi connectivity index (χ2n) is 3.77. The van der Waals surface area contributed by atoms with Crippen LogP contribution in [-0.4, -0.2) is 47.8 Å². The molecule has 4 amide bonds. The van der Waals surface area contributed by atoms with E-state index in [-0.39, 0.29) is 13.2 Å². The van der Waals surface area contributed by atoms with Crippen molar-refractivity contribution >= 4 is 17.8 Å². The normalized spacial score (nSPS) is 15.5. The Balaban J connectivity index is 1.90. The van der Waals surface area contributed by atoms with Gasteiger partial charge in [-0.2, -0.15) is 0 Å². The molecule has 0 aromatic heterocycles. The second kappa shape index (κ2) is 4.87. The van der Waals surface area contributed by atoms with Crippen LogP contribution in [0.25, 0.3) is 0 Å². The molecular formula is C12H12N2O4. The second-order valence-corrected chi connectivity index (χ2v) is 3.77. The number of amides is 4. The number of imide groups is 2. The van der Waals surface area contributed by atoms with E-state index < -0.39 is 17.8 Å². The van der Waals surface area contributed by atoms with Crippen LogP contribution in [0.1, 0.15) is 0 Å². The van der Waals surface area contributed by atoms with Crippen molar-refractivity contribution in [2.24, 2.45) is 0 Å². The highest BCUT2D eigenvalue weighted by Gasteiger charge is 2.41. The molecule has 0 aliphatic carbocycles. The largest absolute Gasteiger partial charge is 0.492 e. The molecule has 1 aromatic rings. The zero-order valence-corrected chi connectivity index (χ0v) is 9.83. The topological polar surface area (TPSA) is 66.9 Å². The Morgan fingerprint density at radius 1 is 1.06 bits per heavy atom. The summed E-state index contributed by atoms with van der Waals surface area (Å²) in [6.45, 7) is 0.214. The van der Waals surface area contributed by atoms with Crippen LogP contribution in [0, 0.1) is 0 Å². The van der Waals surface area contributed by atoms with Crippen LogP contribution in [0.3, 0.4) is 0 Å². The van der Waals surface area contributed by atoms with Gasteiger partial charge in [0.15, 0.2) is 0 Å². The van der Waals surface area contributed by atoms with E-state index in [1.807, 2.05) is 18.2 Å². The predicted octanol–water partition coefficient (Wildman–Crippen LogP) is 0.486. The standard InChI is InChI=1S/C12H12N2O4/c1-13-10(15)11(16)14(12(13)17)7-8-18-9-5-3-2-4-6-9/h2-6H,7-8H2,1H3. The molecule has 0 saturated carbocycles. The van der Waals surface area contributed by atoms with Crippen LogP contribution in [0.15, 0.2) is 30.3 Å². The Morgan fingerprint density at radius 3 is 2.28 bits per heavy atom. The molecule has 0 N–H and O–H groups in total. The Kier molecular flexibility index (Phi) is 3.27. The number of rotatable bonds is 4. The highest BCUT2D eigenvalue weighted by atomic mass is 16.5. The average Bonchev–Trinajstić information content (AvgIpc) is 2.57. The molecule has 1 fully saturated rings. The third kappa shape index (κ3) is 2.17. The minimum Gasteiger partial charge on any atom is -0.492 e. The zero-order chi connectivity index (χ0) is 13.1. The van der Waals surface area contributed by atoms with Gasteiger partial charge in [0, 0.05) is 7.05 Å². The Bertz CT molecular complexity index is 486. The number of para-hydroxylation sites is 1. The Labute approximate surface area is 104 Å². The monoisotopic (exact) mass is 248 g/mol. The highest BCUT2D eigenvalue weighted by Crippen LogP contribution is 2.11. The molecule has 0 unspecified atom stereocenters. The van der Waals surface area contributed by atoms with Gasteiger partial charge in [-0.05, 0) is 12.1 Å². The van der Waals surface area contributed by atoms with Gasteiger partial charge < -0.3 is 4.74 Å². The summed E-state index contributed by atoms with van der Waals surface area (Å²) in [5, 5.41) is 0. The number of likely N-dealkylation sites (N-methyl/N-ethyl adjacent to an activating group) is 1. The van der Waals surface area contributed by atoms with Gasteiger partial charge in [0.2, 0.25) is 0 Å². The quantitative estimate of drug-likeness (QED) is 0.574.